The van der Waals surface area contributed by atoms with Crippen LogP contribution in [0.15, 0.2) is 103 Å². The molecule has 12 heteroatoms. The minimum atomic E-state index is -0.913. The standard InChI is InChI=1S/C37H31FN4O7/c38-27-10-8-24(9-11-27)33(45)25-16-19-41(20-17-25)21-22-42(28-7-4-18-39-23-28)37(47)29-12-13-30(40-36(46)26-5-2-1-3-6-26)35-34(29)48-31(43)14-15-32(44)49-35/h1-15,18,23,25H,16-17,19-22H2,(H,40,46)/b15-14+. The lowest BCUT2D eigenvalue weighted by Gasteiger charge is -2.33. The third kappa shape index (κ3) is 7.77. The molecule has 0 spiro atoms. The summed E-state index contributed by atoms with van der Waals surface area (Å²) in [6.45, 7) is 1.87. The van der Waals surface area contributed by atoms with Gasteiger partial charge >= 0.3 is 11.9 Å². The fraction of sp³-hybridized carbons (Fsp3) is 0.189. The largest absolute Gasteiger partial charge is 0.418 e. The summed E-state index contributed by atoms with van der Waals surface area (Å²) in [5, 5.41) is 2.68. The number of hydrogen-bond acceptors (Lipinski definition) is 9. The first-order valence-corrected chi connectivity index (χ1v) is 15.7. The lowest BCUT2D eigenvalue weighted by atomic mass is 9.89. The van der Waals surface area contributed by atoms with Crippen molar-refractivity contribution in [2.24, 2.45) is 5.92 Å². The molecule has 1 saturated heterocycles. The molecule has 0 radical (unpaired) electrons. The van der Waals surface area contributed by atoms with Crippen molar-refractivity contribution in [3.05, 3.63) is 126 Å². The second kappa shape index (κ2) is 14.8. The molecule has 3 heterocycles. The van der Waals surface area contributed by atoms with Gasteiger partial charge in [0.2, 0.25) is 0 Å². The van der Waals surface area contributed by atoms with Crippen LogP contribution in [0.5, 0.6) is 11.5 Å². The fourth-order valence-electron chi connectivity index (χ4n) is 5.74. The summed E-state index contributed by atoms with van der Waals surface area (Å²) in [5.74, 6) is -4.12. The topological polar surface area (TPSA) is 135 Å². The Morgan fingerprint density at radius 2 is 1.53 bits per heavy atom. The Bertz CT molecular complexity index is 1910. The van der Waals surface area contributed by atoms with Crippen molar-refractivity contribution in [2.75, 3.05) is 36.4 Å². The number of fused-ring (bicyclic) bond motifs is 1. The molecule has 0 bridgehead atoms. The number of amides is 2. The van der Waals surface area contributed by atoms with E-state index >= 15 is 0 Å². The van der Waals surface area contributed by atoms with Gasteiger partial charge < -0.3 is 24.6 Å². The van der Waals surface area contributed by atoms with Gasteiger partial charge in [-0.3, -0.25) is 19.4 Å². The Hall–Kier alpha value is -6.01. The second-order valence-corrected chi connectivity index (χ2v) is 11.5. The van der Waals surface area contributed by atoms with Gasteiger partial charge in [-0.15, -0.1) is 0 Å². The van der Waals surface area contributed by atoms with Gasteiger partial charge in [0.25, 0.3) is 11.8 Å². The van der Waals surface area contributed by atoms with Crippen LogP contribution in [0, 0.1) is 11.7 Å². The second-order valence-electron chi connectivity index (χ2n) is 11.5. The highest BCUT2D eigenvalue weighted by Gasteiger charge is 2.31. The number of halogens is 1. The van der Waals surface area contributed by atoms with Crippen molar-refractivity contribution in [2.45, 2.75) is 12.8 Å². The van der Waals surface area contributed by atoms with Gasteiger partial charge in [-0.1, -0.05) is 18.2 Å². The van der Waals surface area contributed by atoms with Crippen LogP contribution in [0.3, 0.4) is 0 Å². The van der Waals surface area contributed by atoms with Crippen LogP contribution < -0.4 is 19.7 Å². The molecule has 1 fully saturated rings. The molecule has 0 saturated carbocycles. The van der Waals surface area contributed by atoms with Crippen LogP contribution in [0.2, 0.25) is 0 Å². The average Bonchev–Trinajstić information content (AvgIpc) is 3.12. The van der Waals surface area contributed by atoms with E-state index in [0.29, 0.717) is 49.3 Å². The molecule has 4 aromatic rings. The Balaban J connectivity index is 1.24. The molecule has 2 aliphatic heterocycles. The number of piperidine rings is 1. The Morgan fingerprint density at radius 1 is 0.837 bits per heavy atom. The number of pyridine rings is 1. The number of aromatic nitrogens is 1. The molecule has 0 aliphatic carbocycles. The van der Waals surface area contributed by atoms with Gasteiger partial charge in [-0.05, 0) is 86.6 Å². The van der Waals surface area contributed by atoms with Gasteiger partial charge in [0.15, 0.2) is 17.3 Å². The summed E-state index contributed by atoms with van der Waals surface area (Å²) in [4.78, 5) is 73.3. The van der Waals surface area contributed by atoms with Crippen molar-refractivity contribution in [3.63, 3.8) is 0 Å². The van der Waals surface area contributed by atoms with E-state index in [9.17, 15) is 28.4 Å². The maximum absolute atomic E-state index is 14.3. The number of esters is 2. The lowest BCUT2D eigenvalue weighted by Crippen LogP contribution is -2.43. The maximum Gasteiger partial charge on any atom is 0.336 e. The number of ether oxygens (including phenoxy) is 2. The summed E-state index contributed by atoms with van der Waals surface area (Å²) in [6, 6.07) is 20.1. The molecule has 0 unspecified atom stereocenters. The first-order chi connectivity index (χ1) is 23.8. The monoisotopic (exact) mass is 662 g/mol. The molecule has 11 nitrogen and oxygen atoms in total. The number of anilines is 2. The van der Waals surface area contributed by atoms with Crippen LogP contribution in [0.1, 0.15) is 43.9 Å². The quantitative estimate of drug-likeness (QED) is 0.148. The van der Waals surface area contributed by atoms with Crippen LogP contribution in [0.4, 0.5) is 15.8 Å². The number of rotatable bonds is 9. The highest BCUT2D eigenvalue weighted by molar-refractivity contribution is 6.12. The van der Waals surface area contributed by atoms with Crippen molar-refractivity contribution in [3.8, 4) is 11.5 Å². The minimum absolute atomic E-state index is 0.0165. The third-order valence-electron chi connectivity index (χ3n) is 8.32. The molecule has 49 heavy (non-hydrogen) atoms. The number of carbonyl (C=O) groups is 5. The van der Waals surface area contributed by atoms with Crippen LogP contribution in [-0.2, 0) is 9.59 Å². The molecule has 3 aromatic carbocycles. The van der Waals surface area contributed by atoms with Crippen molar-refractivity contribution >= 4 is 40.9 Å². The third-order valence-corrected chi connectivity index (χ3v) is 8.32. The van der Waals surface area contributed by atoms with E-state index in [2.05, 4.69) is 15.2 Å². The Morgan fingerprint density at radius 3 is 2.20 bits per heavy atom. The Labute approximate surface area is 281 Å². The predicted molar refractivity (Wildman–Crippen MR) is 177 cm³/mol. The predicted octanol–water partition coefficient (Wildman–Crippen LogP) is 5.10. The molecule has 2 aliphatic rings. The van der Waals surface area contributed by atoms with Crippen molar-refractivity contribution < 1.29 is 37.8 Å². The van der Waals surface area contributed by atoms with Crippen LogP contribution in [-0.4, -0.2) is 65.6 Å². The molecule has 2 amide bonds. The molecule has 6 rings (SSSR count). The van der Waals surface area contributed by atoms with E-state index < -0.39 is 29.6 Å². The zero-order valence-corrected chi connectivity index (χ0v) is 26.2. The number of carbonyl (C=O) groups excluding carboxylic acids is 5. The van der Waals surface area contributed by atoms with Crippen LogP contribution in [0.25, 0.3) is 0 Å². The smallest absolute Gasteiger partial charge is 0.336 e. The van der Waals surface area contributed by atoms with Gasteiger partial charge in [0.05, 0.1) is 23.1 Å². The summed E-state index contributed by atoms with van der Waals surface area (Å²) in [5.41, 5.74) is 1.21. The van der Waals surface area contributed by atoms with Gasteiger partial charge in [-0.2, -0.15) is 0 Å². The number of nitrogens with one attached hydrogen (secondary N) is 1. The number of ketones is 1. The van der Waals surface area contributed by atoms with Crippen molar-refractivity contribution in [1.29, 1.82) is 0 Å². The average molecular weight is 663 g/mol. The number of benzene rings is 3. The van der Waals surface area contributed by atoms with Gasteiger partial charge in [-0.25, -0.2) is 14.0 Å². The maximum atomic E-state index is 14.3. The number of likely N-dealkylation sites (tertiary alicyclic amines) is 1. The summed E-state index contributed by atoms with van der Waals surface area (Å²) in [6.07, 6.45) is 6.09. The van der Waals surface area contributed by atoms with Gasteiger partial charge in [0, 0.05) is 48.5 Å². The van der Waals surface area contributed by atoms with E-state index in [1.165, 1.54) is 47.5 Å². The normalized spacial score (nSPS) is 15.5. The first kappa shape index (κ1) is 32.9. The summed E-state index contributed by atoms with van der Waals surface area (Å²) >= 11 is 0. The van der Waals surface area contributed by atoms with Crippen LogP contribution >= 0.6 is 0 Å². The SMILES string of the molecule is O=C1/C=C/C(=O)Oc2c(C(=O)N(CCN3CCC(C(=O)c4ccc(F)cc4)CC3)c3cccnc3)ccc(NC(=O)c3ccccc3)c2O1. The summed E-state index contributed by atoms with van der Waals surface area (Å²) < 4.78 is 24.4. The molecular weight excluding hydrogens is 631 g/mol. The van der Waals surface area contributed by atoms with Crippen molar-refractivity contribution in [1.82, 2.24) is 9.88 Å². The zero-order chi connectivity index (χ0) is 34.3. The van der Waals surface area contributed by atoms with E-state index in [4.69, 9.17) is 9.47 Å². The molecule has 1 N–H and O–H groups in total. The molecule has 0 atom stereocenters. The van der Waals surface area contributed by atoms with E-state index in [-0.39, 0.29) is 41.0 Å². The van der Waals surface area contributed by atoms with E-state index in [1.807, 2.05) is 0 Å². The lowest BCUT2D eigenvalue weighted by molar-refractivity contribution is -0.133. The molecule has 248 valence electrons. The fourth-order valence-corrected chi connectivity index (χ4v) is 5.74. The van der Waals surface area contributed by atoms with E-state index in [0.717, 1.165) is 12.2 Å². The number of nitrogens with zero attached hydrogens (tertiary/aromatic N) is 3. The molecular formula is C37H31FN4O7. The summed E-state index contributed by atoms with van der Waals surface area (Å²) in [7, 11) is 0. The van der Waals surface area contributed by atoms with E-state index in [1.54, 1.807) is 48.7 Å². The minimum Gasteiger partial charge on any atom is -0.418 e. The highest BCUT2D eigenvalue weighted by atomic mass is 19.1. The number of Topliss-reactive ketones (excluding diaryl/α,β-unsaturated/α-hetero) is 1. The first-order valence-electron chi connectivity index (χ1n) is 15.7. The highest BCUT2D eigenvalue weighted by Crippen LogP contribution is 2.41. The number of hydrogen-bond donors (Lipinski definition) is 1. The molecule has 1 aromatic heterocycles. The Kier molecular flexibility index (Phi) is 9.96. The van der Waals surface area contributed by atoms with Gasteiger partial charge in [0.1, 0.15) is 5.82 Å². The zero-order valence-electron chi connectivity index (χ0n) is 26.2.